The van der Waals surface area contributed by atoms with Gasteiger partial charge in [-0.25, -0.2) is 9.78 Å². The molecule has 7 heteroatoms. The number of hydrogen-bond donors (Lipinski definition) is 3. The van der Waals surface area contributed by atoms with E-state index in [1.165, 1.54) is 0 Å². The van der Waals surface area contributed by atoms with Crippen LogP contribution in [0.15, 0.2) is 12.4 Å². The largest absolute Gasteiger partial charge is 0.464 e. The van der Waals surface area contributed by atoms with Crippen molar-refractivity contribution in [2.45, 2.75) is 32.4 Å². The summed E-state index contributed by atoms with van der Waals surface area (Å²) in [6, 6.07) is -1.61. The fraction of sp³-hybridized carbons (Fsp3) is 0.545. The molecular weight excluding hydrogens is 236 g/mol. The minimum Gasteiger partial charge on any atom is -0.464 e. The Hall–Kier alpha value is -1.89. The lowest BCUT2D eigenvalue weighted by Gasteiger charge is -2.17. The molecule has 0 aliphatic carbocycles. The van der Waals surface area contributed by atoms with E-state index in [-0.39, 0.29) is 12.6 Å². The van der Waals surface area contributed by atoms with Crippen LogP contribution in [0, 0.1) is 0 Å². The molecule has 0 bridgehead atoms. The molecular formula is C11H18N4O3. The molecule has 18 heavy (non-hydrogen) atoms. The monoisotopic (exact) mass is 254 g/mol. The van der Waals surface area contributed by atoms with E-state index in [1.807, 2.05) is 6.92 Å². The quantitative estimate of drug-likeness (QED) is 0.483. The SMILES string of the molecule is CCOC(=O)C(N)C(=O)NC(CC)c1ncc[nH]1. The molecule has 0 aliphatic rings. The van der Waals surface area contributed by atoms with E-state index < -0.39 is 17.9 Å². The molecule has 0 saturated heterocycles. The van der Waals surface area contributed by atoms with Gasteiger partial charge >= 0.3 is 5.97 Å². The lowest BCUT2D eigenvalue weighted by molar-refractivity contribution is -0.148. The first-order chi connectivity index (χ1) is 8.60. The van der Waals surface area contributed by atoms with Gasteiger partial charge in [0.2, 0.25) is 5.91 Å². The first-order valence-corrected chi connectivity index (χ1v) is 5.82. The molecule has 0 radical (unpaired) electrons. The van der Waals surface area contributed by atoms with Gasteiger partial charge in [0.15, 0.2) is 6.04 Å². The fourth-order valence-corrected chi connectivity index (χ4v) is 1.43. The van der Waals surface area contributed by atoms with Crippen molar-refractivity contribution >= 4 is 11.9 Å². The van der Waals surface area contributed by atoms with Gasteiger partial charge in [0, 0.05) is 12.4 Å². The normalized spacial score (nSPS) is 13.7. The predicted molar refractivity (Wildman–Crippen MR) is 64.4 cm³/mol. The fourth-order valence-electron chi connectivity index (χ4n) is 1.43. The average molecular weight is 254 g/mol. The van der Waals surface area contributed by atoms with Gasteiger partial charge in [-0.1, -0.05) is 6.92 Å². The van der Waals surface area contributed by atoms with Crippen LogP contribution in [-0.2, 0) is 14.3 Å². The first-order valence-electron chi connectivity index (χ1n) is 5.82. The Kier molecular flexibility index (Phi) is 5.31. The average Bonchev–Trinajstić information content (AvgIpc) is 2.88. The molecule has 0 aliphatic heterocycles. The molecule has 1 aromatic rings. The van der Waals surface area contributed by atoms with E-state index in [0.717, 1.165) is 0 Å². The Balaban J connectivity index is 2.60. The standard InChI is InChI=1S/C11H18N4O3/c1-3-7(9-13-5-6-14-9)15-10(16)8(12)11(17)18-4-2/h5-8H,3-4,12H2,1-2H3,(H,13,14)(H,15,16). The topological polar surface area (TPSA) is 110 Å². The predicted octanol–water partition coefficient (Wildman–Crippen LogP) is -0.133. The van der Waals surface area contributed by atoms with Crippen LogP contribution >= 0.6 is 0 Å². The highest BCUT2D eigenvalue weighted by Crippen LogP contribution is 2.11. The van der Waals surface area contributed by atoms with Gasteiger partial charge in [0.05, 0.1) is 12.6 Å². The molecule has 0 saturated carbocycles. The number of nitrogens with one attached hydrogen (secondary N) is 2. The Labute approximate surface area is 105 Å². The molecule has 2 atom stereocenters. The number of esters is 1. The smallest absolute Gasteiger partial charge is 0.332 e. The van der Waals surface area contributed by atoms with Crippen molar-refractivity contribution in [3.8, 4) is 0 Å². The minimum atomic E-state index is -1.31. The number of nitrogens with two attached hydrogens (primary N) is 1. The van der Waals surface area contributed by atoms with Crippen molar-refractivity contribution < 1.29 is 14.3 Å². The summed E-state index contributed by atoms with van der Waals surface area (Å²) in [4.78, 5) is 30.0. The number of carbonyl (C=O) groups excluding carboxylic acids is 2. The van der Waals surface area contributed by atoms with Crippen molar-refractivity contribution in [2.75, 3.05) is 6.61 Å². The highest BCUT2D eigenvalue weighted by molar-refractivity contribution is 6.01. The molecule has 1 heterocycles. The summed E-state index contributed by atoms with van der Waals surface area (Å²) in [5.74, 6) is -0.678. The van der Waals surface area contributed by atoms with E-state index in [4.69, 9.17) is 5.73 Å². The van der Waals surface area contributed by atoms with Crippen molar-refractivity contribution in [2.24, 2.45) is 5.73 Å². The van der Waals surface area contributed by atoms with E-state index in [2.05, 4.69) is 20.0 Å². The molecule has 0 spiro atoms. The maximum Gasteiger partial charge on any atom is 0.332 e. The Morgan fingerprint density at radius 3 is 2.78 bits per heavy atom. The van der Waals surface area contributed by atoms with Gasteiger partial charge in [-0.05, 0) is 13.3 Å². The number of H-pyrrole nitrogens is 1. The second kappa shape index (κ2) is 6.75. The second-order valence-electron chi connectivity index (χ2n) is 3.67. The number of aromatic nitrogens is 2. The van der Waals surface area contributed by atoms with Gasteiger partial charge in [-0.2, -0.15) is 0 Å². The number of hydrogen-bond acceptors (Lipinski definition) is 5. The molecule has 4 N–H and O–H groups in total. The van der Waals surface area contributed by atoms with Gasteiger partial charge in [-0.3, -0.25) is 4.79 Å². The number of carbonyl (C=O) groups is 2. The number of imidazole rings is 1. The summed E-state index contributed by atoms with van der Waals surface area (Å²) in [7, 11) is 0. The minimum absolute atomic E-state index is 0.190. The van der Waals surface area contributed by atoms with E-state index in [1.54, 1.807) is 19.3 Å². The number of amides is 1. The summed E-state index contributed by atoms with van der Waals surface area (Å²) >= 11 is 0. The summed E-state index contributed by atoms with van der Waals surface area (Å²) in [6.45, 7) is 3.73. The molecule has 100 valence electrons. The summed E-state index contributed by atoms with van der Waals surface area (Å²) in [6.07, 6.45) is 3.89. The first kappa shape index (κ1) is 14.2. The van der Waals surface area contributed by atoms with Crippen LogP contribution in [0.4, 0.5) is 0 Å². The highest BCUT2D eigenvalue weighted by atomic mass is 16.5. The number of rotatable bonds is 6. The summed E-state index contributed by atoms with van der Waals surface area (Å²) in [5.41, 5.74) is 5.49. The van der Waals surface area contributed by atoms with Gasteiger partial charge in [-0.15, -0.1) is 0 Å². The molecule has 2 unspecified atom stereocenters. The van der Waals surface area contributed by atoms with Crippen LogP contribution in [0.25, 0.3) is 0 Å². The third-order valence-electron chi connectivity index (χ3n) is 2.40. The Bertz CT molecular complexity index is 391. The number of aromatic amines is 1. The third kappa shape index (κ3) is 3.56. The maximum atomic E-state index is 11.7. The van der Waals surface area contributed by atoms with Crippen LogP contribution in [0.1, 0.15) is 32.1 Å². The van der Waals surface area contributed by atoms with Crippen LogP contribution in [0.3, 0.4) is 0 Å². The molecule has 0 fully saturated rings. The zero-order valence-corrected chi connectivity index (χ0v) is 10.5. The van der Waals surface area contributed by atoms with Gasteiger partial charge in [0.1, 0.15) is 5.82 Å². The Morgan fingerprint density at radius 1 is 1.56 bits per heavy atom. The molecule has 7 nitrogen and oxygen atoms in total. The lowest BCUT2D eigenvalue weighted by Crippen LogP contribution is -2.48. The highest BCUT2D eigenvalue weighted by Gasteiger charge is 2.26. The lowest BCUT2D eigenvalue weighted by atomic mass is 10.2. The Morgan fingerprint density at radius 2 is 2.28 bits per heavy atom. The number of ether oxygens (including phenoxy) is 1. The van der Waals surface area contributed by atoms with Crippen molar-refractivity contribution in [1.82, 2.24) is 15.3 Å². The molecule has 1 rings (SSSR count). The van der Waals surface area contributed by atoms with Gasteiger partial charge < -0.3 is 20.8 Å². The molecule has 0 aromatic carbocycles. The summed E-state index contributed by atoms with van der Waals surface area (Å²) < 4.78 is 4.68. The number of nitrogens with zero attached hydrogens (tertiary/aromatic N) is 1. The van der Waals surface area contributed by atoms with Crippen LogP contribution in [0.2, 0.25) is 0 Å². The van der Waals surface area contributed by atoms with Crippen molar-refractivity contribution in [1.29, 1.82) is 0 Å². The second-order valence-corrected chi connectivity index (χ2v) is 3.67. The van der Waals surface area contributed by atoms with E-state index in [9.17, 15) is 9.59 Å². The van der Waals surface area contributed by atoms with Gasteiger partial charge in [0.25, 0.3) is 0 Å². The molecule has 1 aromatic heterocycles. The van der Waals surface area contributed by atoms with Crippen LogP contribution in [0.5, 0.6) is 0 Å². The van der Waals surface area contributed by atoms with E-state index in [0.29, 0.717) is 12.2 Å². The van der Waals surface area contributed by atoms with Crippen molar-refractivity contribution in [3.05, 3.63) is 18.2 Å². The molecule has 1 amide bonds. The van der Waals surface area contributed by atoms with Crippen molar-refractivity contribution in [3.63, 3.8) is 0 Å². The van der Waals surface area contributed by atoms with Crippen LogP contribution in [-0.4, -0.2) is 34.5 Å². The third-order valence-corrected chi connectivity index (χ3v) is 2.40. The maximum absolute atomic E-state index is 11.7. The zero-order chi connectivity index (χ0) is 13.5. The summed E-state index contributed by atoms with van der Waals surface area (Å²) in [5, 5.41) is 2.65. The van der Waals surface area contributed by atoms with Crippen LogP contribution < -0.4 is 11.1 Å². The van der Waals surface area contributed by atoms with E-state index >= 15 is 0 Å². The zero-order valence-electron chi connectivity index (χ0n) is 10.5.